The number of hydrogen-bond donors (Lipinski definition) is 1. The van der Waals surface area contributed by atoms with Gasteiger partial charge in [0, 0.05) is 42.7 Å². The van der Waals surface area contributed by atoms with E-state index in [0.29, 0.717) is 5.92 Å². The van der Waals surface area contributed by atoms with Gasteiger partial charge in [0.25, 0.3) is 0 Å². The Bertz CT molecular complexity index is 525. The summed E-state index contributed by atoms with van der Waals surface area (Å²) in [6.07, 6.45) is 7.52. The molecule has 102 valence electrons. The van der Waals surface area contributed by atoms with Crippen LogP contribution in [-0.2, 0) is 13.0 Å². The molecular weight excluding hydrogens is 256 g/mol. The van der Waals surface area contributed by atoms with Crippen molar-refractivity contribution in [3.8, 4) is 0 Å². The fraction of sp³-hybridized carbons (Fsp3) is 0.571. The maximum atomic E-state index is 4.52. The van der Waals surface area contributed by atoms with Gasteiger partial charge in [-0.05, 0) is 26.3 Å². The number of aromatic nitrogens is 3. The molecule has 1 N–H and O–H groups in total. The van der Waals surface area contributed by atoms with E-state index in [1.165, 1.54) is 24.2 Å². The number of imidazole rings is 1. The number of hydrogen-bond acceptors (Lipinski definition) is 4. The van der Waals surface area contributed by atoms with Crippen LogP contribution in [0.3, 0.4) is 0 Å². The second-order valence-electron chi connectivity index (χ2n) is 5.16. The zero-order valence-corrected chi connectivity index (χ0v) is 12.1. The maximum absolute atomic E-state index is 4.52. The lowest BCUT2D eigenvalue weighted by Crippen LogP contribution is -2.29. The number of piperidine rings is 1. The molecule has 1 unspecified atom stereocenters. The number of nitrogens with one attached hydrogen (secondary N) is 1. The third kappa shape index (κ3) is 3.04. The molecule has 5 heteroatoms. The van der Waals surface area contributed by atoms with Gasteiger partial charge in [0.2, 0.25) is 0 Å². The third-order valence-corrected chi connectivity index (χ3v) is 4.56. The monoisotopic (exact) mass is 276 g/mol. The largest absolute Gasteiger partial charge is 0.334 e. The lowest BCUT2D eigenvalue weighted by Gasteiger charge is -2.23. The van der Waals surface area contributed by atoms with Gasteiger partial charge in [-0.1, -0.05) is 0 Å². The molecule has 1 fully saturated rings. The minimum atomic E-state index is 0.619. The van der Waals surface area contributed by atoms with Crippen LogP contribution >= 0.6 is 11.3 Å². The first-order valence-electron chi connectivity index (χ1n) is 6.94. The summed E-state index contributed by atoms with van der Waals surface area (Å²) < 4.78 is 2.30. The summed E-state index contributed by atoms with van der Waals surface area (Å²) in [7, 11) is 0. The van der Waals surface area contributed by atoms with Crippen LogP contribution in [0.15, 0.2) is 17.9 Å². The summed E-state index contributed by atoms with van der Waals surface area (Å²) in [6, 6.07) is 0. The van der Waals surface area contributed by atoms with E-state index in [0.717, 1.165) is 31.1 Å². The van der Waals surface area contributed by atoms with E-state index in [9.17, 15) is 0 Å². The number of aryl methyl sites for hydroxylation is 3. The van der Waals surface area contributed by atoms with E-state index >= 15 is 0 Å². The summed E-state index contributed by atoms with van der Waals surface area (Å²) in [5.41, 5.74) is 2.57. The Hall–Kier alpha value is -1.20. The Balaban J connectivity index is 1.66. The summed E-state index contributed by atoms with van der Waals surface area (Å²) in [6.45, 7) is 5.28. The fourth-order valence-electron chi connectivity index (χ4n) is 2.72. The maximum Gasteiger partial charge on any atom is 0.0948 e. The van der Waals surface area contributed by atoms with Crippen LogP contribution in [0, 0.1) is 6.92 Å². The van der Waals surface area contributed by atoms with Crippen LogP contribution in [0.1, 0.15) is 35.2 Å². The topological polar surface area (TPSA) is 42.7 Å². The first-order chi connectivity index (χ1) is 9.33. The predicted molar refractivity (Wildman–Crippen MR) is 77.6 cm³/mol. The van der Waals surface area contributed by atoms with Gasteiger partial charge in [-0.2, -0.15) is 0 Å². The number of rotatable bonds is 4. The molecule has 2 aromatic heterocycles. The average Bonchev–Trinajstić information content (AvgIpc) is 3.06. The molecule has 0 bridgehead atoms. The molecular formula is C14H20N4S. The van der Waals surface area contributed by atoms with Crippen molar-refractivity contribution in [1.82, 2.24) is 19.9 Å². The van der Waals surface area contributed by atoms with E-state index in [4.69, 9.17) is 0 Å². The smallest absolute Gasteiger partial charge is 0.0948 e. The predicted octanol–water partition coefficient (Wildman–Crippen LogP) is 2.36. The molecule has 0 amide bonds. The van der Waals surface area contributed by atoms with Gasteiger partial charge in [0.05, 0.1) is 17.0 Å². The Labute approximate surface area is 117 Å². The molecule has 0 aliphatic carbocycles. The van der Waals surface area contributed by atoms with Gasteiger partial charge in [0.15, 0.2) is 0 Å². The molecule has 19 heavy (non-hydrogen) atoms. The molecule has 0 spiro atoms. The Kier molecular flexibility index (Phi) is 3.94. The highest BCUT2D eigenvalue weighted by molar-refractivity contribution is 7.09. The normalized spacial score (nSPS) is 19.7. The van der Waals surface area contributed by atoms with E-state index in [-0.39, 0.29) is 0 Å². The summed E-state index contributed by atoms with van der Waals surface area (Å²) in [4.78, 5) is 8.86. The SMILES string of the molecule is Cc1nc(CCn2cncc2C2CCCNC2)cs1. The van der Waals surface area contributed by atoms with Crippen molar-refractivity contribution in [2.24, 2.45) is 0 Å². The molecule has 1 atom stereocenters. The van der Waals surface area contributed by atoms with Gasteiger partial charge in [-0.25, -0.2) is 9.97 Å². The molecule has 0 aromatic carbocycles. The van der Waals surface area contributed by atoms with Crippen molar-refractivity contribution in [1.29, 1.82) is 0 Å². The summed E-state index contributed by atoms with van der Waals surface area (Å²) >= 11 is 1.73. The highest BCUT2D eigenvalue weighted by Crippen LogP contribution is 2.23. The van der Waals surface area contributed by atoms with E-state index in [1.54, 1.807) is 11.3 Å². The molecule has 0 radical (unpaired) electrons. The molecule has 3 heterocycles. The number of thiazole rings is 1. The highest BCUT2D eigenvalue weighted by Gasteiger charge is 2.18. The van der Waals surface area contributed by atoms with Crippen molar-refractivity contribution in [2.75, 3.05) is 13.1 Å². The average molecular weight is 276 g/mol. The van der Waals surface area contributed by atoms with Crippen molar-refractivity contribution in [2.45, 2.75) is 38.6 Å². The minimum absolute atomic E-state index is 0.619. The van der Waals surface area contributed by atoms with Gasteiger partial charge in [-0.15, -0.1) is 11.3 Å². The fourth-order valence-corrected chi connectivity index (χ4v) is 3.37. The summed E-state index contributed by atoms with van der Waals surface area (Å²) in [5, 5.41) is 6.79. The minimum Gasteiger partial charge on any atom is -0.334 e. The van der Waals surface area contributed by atoms with Gasteiger partial charge in [0.1, 0.15) is 0 Å². The van der Waals surface area contributed by atoms with Gasteiger partial charge >= 0.3 is 0 Å². The standard InChI is InChI=1S/C14H20N4S/c1-11-17-13(9-19-11)4-6-18-10-16-8-14(18)12-3-2-5-15-7-12/h8-10,12,15H,2-7H2,1H3. The molecule has 4 nitrogen and oxygen atoms in total. The lowest BCUT2D eigenvalue weighted by atomic mass is 9.96. The van der Waals surface area contributed by atoms with E-state index in [1.807, 2.05) is 12.5 Å². The molecule has 3 rings (SSSR count). The van der Waals surface area contributed by atoms with Crippen LogP contribution in [0.5, 0.6) is 0 Å². The van der Waals surface area contributed by atoms with Crippen molar-refractivity contribution in [3.63, 3.8) is 0 Å². The van der Waals surface area contributed by atoms with Crippen LogP contribution in [0.2, 0.25) is 0 Å². The lowest BCUT2D eigenvalue weighted by molar-refractivity contribution is 0.440. The second-order valence-corrected chi connectivity index (χ2v) is 6.23. The zero-order valence-electron chi connectivity index (χ0n) is 11.3. The first-order valence-corrected chi connectivity index (χ1v) is 7.82. The van der Waals surface area contributed by atoms with Crippen LogP contribution in [0.25, 0.3) is 0 Å². The van der Waals surface area contributed by atoms with Crippen LogP contribution in [0.4, 0.5) is 0 Å². The summed E-state index contributed by atoms with van der Waals surface area (Å²) in [5.74, 6) is 0.619. The molecule has 1 aliphatic rings. The number of nitrogens with zero attached hydrogens (tertiary/aromatic N) is 3. The van der Waals surface area contributed by atoms with E-state index < -0.39 is 0 Å². The zero-order chi connectivity index (χ0) is 13.1. The molecule has 0 saturated carbocycles. The third-order valence-electron chi connectivity index (χ3n) is 3.74. The van der Waals surface area contributed by atoms with Gasteiger partial charge < -0.3 is 9.88 Å². The molecule has 1 aliphatic heterocycles. The highest BCUT2D eigenvalue weighted by atomic mass is 32.1. The van der Waals surface area contributed by atoms with E-state index in [2.05, 4.69) is 32.2 Å². The second kappa shape index (κ2) is 5.84. The van der Waals surface area contributed by atoms with Crippen molar-refractivity contribution >= 4 is 11.3 Å². The first kappa shape index (κ1) is 12.8. The Morgan fingerprint density at radius 1 is 1.53 bits per heavy atom. The van der Waals surface area contributed by atoms with Crippen LogP contribution in [-0.4, -0.2) is 27.6 Å². The quantitative estimate of drug-likeness (QED) is 0.932. The van der Waals surface area contributed by atoms with Crippen molar-refractivity contribution in [3.05, 3.63) is 34.3 Å². The van der Waals surface area contributed by atoms with Gasteiger partial charge in [-0.3, -0.25) is 0 Å². The van der Waals surface area contributed by atoms with Crippen LogP contribution < -0.4 is 5.32 Å². The Morgan fingerprint density at radius 2 is 2.47 bits per heavy atom. The molecule has 2 aromatic rings. The Morgan fingerprint density at radius 3 is 3.21 bits per heavy atom. The van der Waals surface area contributed by atoms with Crippen molar-refractivity contribution < 1.29 is 0 Å². The molecule has 1 saturated heterocycles.